The number of carbonyl (C=O) groups excluding carboxylic acids is 1. The number of nitrogens with zero attached hydrogens (tertiary/aromatic N) is 3. The number of hydrogen-bond acceptors (Lipinski definition) is 4. The van der Waals surface area contributed by atoms with Gasteiger partial charge in [-0.15, -0.1) is 0 Å². The van der Waals surface area contributed by atoms with E-state index in [1.165, 1.54) is 17.2 Å². The van der Waals surface area contributed by atoms with Crippen molar-refractivity contribution in [3.8, 4) is 0 Å². The highest BCUT2D eigenvalue weighted by Gasteiger charge is 2.20. The van der Waals surface area contributed by atoms with Crippen molar-refractivity contribution in [1.29, 1.82) is 0 Å². The van der Waals surface area contributed by atoms with E-state index in [1.54, 1.807) is 18.3 Å². The zero-order valence-corrected chi connectivity index (χ0v) is 14.9. The Hall–Kier alpha value is -2.34. The average Bonchev–Trinajstić information content (AvgIpc) is 2.57. The maximum Gasteiger partial charge on any atom is 0.347 e. The molecule has 0 saturated carbocycles. The van der Waals surface area contributed by atoms with Gasteiger partial charge in [-0.3, -0.25) is 9.36 Å². The fourth-order valence-corrected chi connectivity index (χ4v) is 3.32. The van der Waals surface area contributed by atoms with Gasteiger partial charge in [0.15, 0.2) is 0 Å². The Kier molecular flexibility index (Phi) is 5.38. The van der Waals surface area contributed by atoms with Gasteiger partial charge < -0.3 is 10.2 Å². The lowest BCUT2D eigenvalue weighted by atomic mass is 9.99. The summed E-state index contributed by atoms with van der Waals surface area (Å²) in [5, 5.41) is 3.44. The van der Waals surface area contributed by atoms with Gasteiger partial charge in [0.2, 0.25) is 5.91 Å². The van der Waals surface area contributed by atoms with E-state index in [9.17, 15) is 9.59 Å². The van der Waals surface area contributed by atoms with Crippen molar-refractivity contribution >= 4 is 28.9 Å². The molecule has 1 atom stereocenters. The molecule has 0 aliphatic carbocycles. The first-order valence-electron chi connectivity index (χ1n) is 8.39. The van der Waals surface area contributed by atoms with E-state index in [0.29, 0.717) is 16.6 Å². The molecule has 2 heterocycles. The monoisotopic (exact) mass is 360 g/mol. The smallest absolute Gasteiger partial charge is 0.347 e. The van der Waals surface area contributed by atoms with Gasteiger partial charge in [-0.05, 0) is 43.0 Å². The normalized spacial score (nSPS) is 17.4. The lowest BCUT2D eigenvalue weighted by Crippen LogP contribution is -2.35. The van der Waals surface area contributed by atoms with Crippen molar-refractivity contribution in [1.82, 2.24) is 9.55 Å². The maximum absolute atomic E-state index is 12.4. The molecule has 7 heteroatoms. The molecule has 1 aromatic heterocycles. The summed E-state index contributed by atoms with van der Waals surface area (Å²) in [5.74, 6) is 0.325. The molecule has 25 heavy (non-hydrogen) atoms. The van der Waals surface area contributed by atoms with E-state index < -0.39 is 5.69 Å². The lowest BCUT2D eigenvalue weighted by molar-refractivity contribution is -0.116. The van der Waals surface area contributed by atoms with Gasteiger partial charge in [0.05, 0.1) is 11.4 Å². The first kappa shape index (κ1) is 17.5. The summed E-state index contributed by atoms with van der Waals surface area (Å²) in [7, 11) is 0. The van der Waals surface area contributed by atoms with E-state index in [2.05, 4.69) is 22.1 Å². The summed E-state index contributed by atoms with van der Waals surface area (Å²) in [5.41, 5.74) is 1.18. The standard InChI is InChI=1S/C18H21ClN4O2/c1-13-4-2-8-22(11-13)16-6-5-14(19)10-15(16)21-17(24)12-23-9-3-7-20-18(23)25/h3,5-7,9-10,13H,2,4,8,11-12H2,1H3,(H,21,24). The second-order valence-corrected chi connectivity index (χ2v) is 6.87. The molecule has 1 saturated heterocycles. The number of nitrogens with one attached hydrogen (secondary N) is 1. The summed E-state index contributed by atoms with van der Waals surface area (Å²) < 4.78 is 1.27. The molecule has 6 nitrogen and oxygen atoms in total. The van der Waals surface area contributed by atoms with Crippen LogP contribution in [0.5, 0.6) is 0 Å². The fourth-order valence-electron chi connectivity index (χ4n) is 3.14. The quantitative estimate of drug-likeness (QED) is 0.910. The van der Waals surface area contributed by atoms with Crippen molar-refractivity contribution < 1.29 is 4.79 Å². The molecular formula is C18H21ClN4O2. The number of hydrogen-bond donors (Lipinski definition) is 1. The Labute approximate surface area is 151 Å². The molecule has 1 aliphatic rings. The number of amides is 1. The number of halogens is 1. The van der Waals surface area contributed by atoms with E-state index >= 15 is 0 Å². The zero-order valence-electron chi connectivity index (χ0n) is 14.1. The Morgan fingerprint density at radius 2 is 2.28 bits per heavy atom. The molecule has 1 aliphatic heterocycles. The second kappa shape index (κ2) is 7.70. The molecular weight excluding hydrogens is 340 g/mol. The number of aromatic nitrogens is 2. The lowest BCUT2D eigenvalue weighted by Gasteiger charge is -2.34. The number of piperidine rings is 1. The largest absolute Gasteiger partial charge is 0.370 e. The van der Waals surface area contributed by atoms with Crippen LogP contribution in [0.4, 0.5) is 11.4 Å². The molecule has 1 unspecified atom stereocenters. The van der Waals surface area contributed by atoms with Gasteiger partial charge in [-0.2, -0.15) is 0 Å². The van der Waals surface area contributed by atoms with Crippen molar-refractivity contribution in [2.45, 2.75) is 26.3 Å². The Balaban J connectivity index is 1.79. The first-order valence-corrected chi connectivity index (χ1v) is 8.76. The summed E-state index contributed by atoms with van der Waals surface area (Å²) in [4.78, 5) is 30.0. The Morgan fingerprint density at radius 3 is 3.04 bits per heavy atom. The summed E-state index contributed by atoms with van der Waals surface area (Å²) >= 11 is 6.12. The second-order valence-electron chi connectivity index (χ2n) is 6.43. The molecule has 1 aromatic carbocycles. The Morgan fingerprint density at radius 1 is 1.44 bits per heavy atom. The van der Waals surface area contributed by atoms with Crippen molar-refractivity contribution in [3.05, 3.63) is 52.2 Å². The van der Waals surface area contributed by atoms with E-state index in [0.717, 1.165) is 25.2 Å². The summed E-state index contributed by atoms with van der Waals surface area (Å²) in [6.07, 6.45) is 5.29. The van der Waals surface area contributed by atoms with Gasteiger partial charge >= 0.3 is 5.69 Å². The van der Waals surface area contributed by atoms with Crippen molar-refractivity contribution in [3.63, 3.8) is 0 Å². The minimum absolute atomic E-state index is 0.0883. The van der Waals surface area contributed by atoms with Crippen molar-refractivity contribution in [2.75, 3.05) is 23.3 Å². The van der Waals surface area contributed by atoms with Crippen LogP contribution in [0.2, 0.25) is 5.02 Å². The van der Waals surface area contributed by atoms with Crippen LogP contribution in [0.1, 0.15) is 19.8 Å². The van der Waals surface area contributed by atoms with Crippen LogP contribution >= 0.6 is 11.6 Å². The van der Waals surface area contributed by atoms with Gasteiger partial charge in [0, 0.05) is 30.5 Å². The number of anilines is 2. The zero-order chi connectivity index (χ0) is 17.8. The molecule has 0 spiro atoms. The van der Waals surface area contributed by atoms with Gasteiger partial charge in [0.1, 0.15) is 6.54 Å². The highest BCUT2D eigenvalue weighted by Crippen LogP contribution is 2.32. The molecule has 132 valence electrons. The molecule has 2 aromatic rings. The van der Waals surface area contributed by atoms with E-state index in [-0.39, 0.29) is 12.5 Å². The van der Waals surface area contributed by atoms with Gasteiger partial charge in [-0.25, -0.2) is 9.78 Å². The van der Waals surface area contributed by atoms with Crippen LogP contribution in [0.3, 0.4) is 0 Å². The van der Waals surface area contributed by atoms with Crippen molar-refractivity contribution in [2.24, 2.45) is 5.92 Å². The highest BCUT2D eigenvalue weighted by molar-refractivity contribution is 6.31. The predicted molar refractivity (Wildman–Crippen MR) is 99.2 cm³/mol. The average molecular weight is 361 g/mol. The van der Waals surface area contributed by atoms with E-state index in [4.69, 9.17) is 11.6 Å². The molecule has 0 radical (unpaired) electrons. The van der Waals surface area contributed by atoms with E-state index in [1.807, 2.05) is 12.1 Å². The number of rotatable bonds is 4. The molecule has 1 amide bonds. The van der Waals surface area contributed by atoms with Crippen LogP contribution in [0.15, 0.2) is 41.5 Å². The maximum atomic E-state index is 12.4. The highest BCUT2D eigenvalue weighted by atomic mass is 35.5. The van der Waals surface area contributed by atoms with Gasteiger partial charge in [0.25, 0.3) is 0 Å². The van der Waals surface area contributed by atoms with Crippen LogP contribution in [0, 0.1) is 5.92 Å². The topological polar surface area (TPSA) is 67.2 Å². The summed E-state index contributed by atoms with van der Waals surface area (Å²) in [6.45, 7) is 4.05. The third kappa shape index (κ3) is 4.39. The predicted octanol–water partition coefficient (Wildman–Crippen LogP) is 2.77. The molecule has 1 fully saturated rings. The van der Waals surface area contributed by atoms with Crippen LogP contribution < -0.4 is 15.9 Å². The SMILES string of the molecule is CC1CCCN(c2ccc(Cl)cc2NC(=O)Cn2cccnc2=O)C1. The first-order chi connectivity index (χ1) is 12.0. The van der Waals surface area contributed by atoms with Crippen LogP contribution in [0.25, 0.3) is 0 Å². The fraction of sp³-hybridized carbons (Fsp3) is 0.389. The number of benzene rings is 1. The molecule has 0 bridgehead atoms. The minimum atomic E-state index is -0.450. The minimum Gasteiger partial charge on any atom is -0.370 e. The molecule has 1 N–H and O–H groups in total. The van der Waals surface area contributed by atoms with Gasteiger partial charge in [-0.1, -0.05) is 18.5 Å². The molecule has 3 rings (SSSR count). The van der Waals surface area contributed by atoms with Crippen LogP contribution in [-0.4, -0.2) is 28.5 Å². The Bertz CT molecular complexity index is 821. The summed E-state index contributed by atoms with van der Waals surface area (Å²) in [6, 6.07) is 7.14. The number of carbonyl (C=O) groups is 1. The third-order valence-corrected chi connectivity index (χ3v) is 4.56. The third-order valence-electron chi connectivity index (χ3n) is 4.33. The van der Waals surface area contributed by atoms with Crippen LogP contribution in [-0.2, 0) is 11.3 Å².